The first kappa shape index (κ1) is 14.6. The molecule has 0 aromatic heterocycles. The Hall–Kier alpha value is -1.77. The van der Waals surface area contributed by atoms with Crippen LogP contribution in [0.3, 0.4) is 0 Å². The number of nitrogens with two attached hydrogens (primary N) is 1. The van der Waals surface area contributed by atoms with Crippen molar-refractivity contribution >= 4 is 0 Å². The molecule has 0 radical (unpaired) electrons. The standard InChI is InChI=1S/C15H21N3O2/c1-15(17,9-16)10-18-5-4-11-6-13(19-2)14(20-3)7-12(11)8-18/h6-7H,4-5,8,10,17H2,1-3H3. The monoisotopic (exact) mass is 275 g/mol. The average Bonchev–Trinajstić information content (AvgIpc) is 2.45. The van der Waals surface area contributed by atoms with Crippen LogP contribution in [-0.4, -0.2) is 37.7 Å². The smallest absolute Gasteiger partial charge is 0.161 e. The Morgan fingerprint density at radius 1 is 1.30 bits per heavy atom. The molecule has 5 heteroatoms. The highest BCUT2D eigenvalue weighted by molar-refractivity contribution is 5.48. The molecule has 0 amide bonds. The van der Waals surface area contributed by atoms with Gasteiger partial charge in [-0.2, -0.15) is 5.26 Å². The maximum atomic E-state index is 9.03. The Bertz CT molecular complexity index is 535. The minimum absolute atomic E-state index is 0.567. The highest BCUT2D eigenvalue weighted by Crippen LogP contribution is 2.33. The molecule has 1 aliphatic heterocycles. The first-order valence-electron chi connectivity index (χ1n) is 6.65. The molecule has 1 aromatic rings. The Balaban J connectivity index is 2.20. The predicted octanol–water partition coefficient (Wildman–Crippen LogP) is 1.30. The van der Waals surface area contributed by atoms with E-state index in [1.54, 1.807) is 21.1 Å². The van der Waals surface area contributed by atoms with E-state index in [0.29, 0.717) is 6.54 Å². The Morgan fingerprint density at radius 3 is 2.45 bits per heavy atom. The molecule has 1 atom stereocenters. The van der Waals surface area contributed by atoms with Crippen LogP contribution in [0, 0.1) is 11.3 Å². The van der Waals surface area contributed by atoms with Gasteiger partial charge in [0, 0.05) is 19.6 Å². The molecule has 0 spiro atoms. The molecule has 1 unspecified atom stereocenters. The summed E-state index contributed by atoms with van der Waals surface area (Å²) in [5.74, 6) is 1.50. The number of nitrogens with zero attached hydrogens (tertiary/aromatic N) is 2. The summed E-state index contributed by atoms with van der Waals surface area (Å²) in [5.41, 5.74) is 7.59. The topological polar surface area (TPSA) is 71.5 Å². The first-order chi connectivity index (χ1) is 9.49. The van der Waals surface area contributed by atoms with E-state index in [2.05, 4.69) is 11.0 Å². The summed E-state index contributed by atoms with van der Waals surface area (Å²) < 4.78 is 10.7. The van der Waals surface area contributed by atoms with Crippen LogP contribution < -0.4 is 15.2 Å². The van der Waals surface area contributed by atoms with E-state index in [0.717, 1.165) is 31.0 Å². The molecule has 2 rings (SSSR count). The van der Waals surface area contributed by atoms with Crippen molar-refractivity contribution in [2.75, 3.05) is 27.3 Å². The van der Waals surface area contributed by atoms with Gasteiger partial charge in [-0.25, -0.2) is 0 Å². The minimum Gasteiger partial charge on any atom is -0.493 e. The number of benzene rings is 1. The second kappa shape index (κ2) is 5.70. The van der Waals surface area contributed by atoms with Crippen LogP contribution in [0.25, 0.3) is 0 Å². The summed E-state index contributed by atoms with van der Waals surface area (Å²) in [6, 6.07) is 6.20. The van der Waals surface area contributed by atoms with Gasteiger partial charge in [-0.3, -0.25) is 4.90 Å². The minimum atomic E-state index is -0.811. The van der Waals surface area contributed by atoms with Crippen LogP contribution in [0.15, 0.2) is 12.1 Å². The lowest BCUT2D eigenvalue weighted by Crippen LogP contribution is -2.48. The third kappa shape index (κ3) is 3.03. The third-order valence-electron chi connectivity index (χ3n) is 3.60. The molecule has 5 nitrogen and oxygen atoms in total. The van der Waals surface area contributed by atoms with E-state index < -0.39 is 5.54 Å². The third-order valence-corrected chi connectivity index (χ3v) is 3.60. The predicted molar refractivity (Wildman–Crippen MR) is 76.7 cm³/mol. The second-order valence-electron chi connectivity index (χ2n) is 5.47. The van der Waals surface area contributed by atoms with Gasteiger partial charge in [-0.1, -0.05) is 0 Å². The van der Waals surface area contributed by atoms with Crippen molar-refractivity contribution in [2.45, 2.75) is 25.4 Å². The Kier molecular flexibility index (Phi) is 4.17. The van der Waals surface area contributed by atoms with Crippen molar-refractivity contribution < 1.29 is 9.47 Å². The van der Waals surface area contributed by atoms with Crippen molar-refractivity contribution in [3.63, 3.8) is 0 Å². The zero-order valence-corrected chi connectivity index (χ0v) is 12.3. The molecular weight excluding hydrogens is 254 g/mol. The van der Waals surface area contributed by atoms with Gasteiger partial charge >= 0.3 is 0 Å². The molecule has 108 valence electrons. The maximum absolute atomic E-state index is 9.03. The molecule has 0 aliphatic carbocycles. The van der Waals surface area contributed by atoms with Crippen molar-refractivity contribution in [2.24, 2.45) is 5.73 Å². The molecule has 0 saturated heterocycles. The molecule has 1 heterocycles. The van der Waals surface area contributed by atoms with Crippen molar-refractivity contribution in [3.05, 3.63) is 23.3 Å². The van der Waals surface area contributed by atoms with E-state index in [1.165, 1.54) is 11.1 Å². The number of fused-ring (bicyclic) bond motifs is 1. The lowest BCUT2D eigenvalue weighted by atomic mass is 9.97. The summed E-state index contributed by atoms with van der Waals surface area (Å²) in [7, 11) is 3.28. The molecule has 1 aliphatic rings. The molecule has 0 fully saturated rings. The molecule has 2 N–H and O–H groups in total. The van der Waals surface area contributed by atoms with Crippen molar-refractivity contribution in [3.8, 4) is 17.6 Å². The van der Waals surface area contributed by atoms with E-state index in [4.69, 9.17) is 20.5 Å². The Morgan fingerprint density at radius 2 is 1.90 bits per heavy atom. The molecular formula is C15H21N3O2. The summed E-state index contributed by atoms with van der Waals surface area (Å²) in [5, 5.41) is 9.03. The number of nitriles is 1. The zero-order chi connectivity index (χ0) is 14.8. The highest BCUT2D eigenvalue weighted by atomic mass is 16.5. The van der Waals surface area contributed by atoms with Crippen molar-refractivity contribution in [1.29, 1.82) is 5.26 Å². The van der Waals surface area contributed by atoms with Gasteiger partial charge in [0.05, 0.1) is 20.3 Å². The number of ether oxygens (including phenoxy) is 2. The van der Waals surface area contributed by atoms with Gasteiger partial charge in [0.25, 0.3) is 0 Å². The summed E-state index contributed by atoms with van der Waals surface area (Å²) >= 11 is 0. The van der Waals surface area contributed by atoms with Crippen LogP contribution in [0.5, 0.6) is 11.5 Å². The fourth-order valence-corrected chi connectivity index (χ4v) is 2.58. The quantitative estimate of drug-likeness (QED) is 0.897. The van der Waals surface area contributed by atoms with E-state index >= 15 is 0 Å². The summed E-state index contributed by atoms with van der Waals surface area (Å²) in [6.07, 6.45) is 0.928. The maximum Gasteiger partial charge on any atom is 0.161 e. The largest absolute Gasteiger partial charge is 0.493 e. The number of methoxy groups -OCH3 is 2. The normalized spacial score (nSPS) is 17.8. The summed E-state index contributed by atoms with van der Waals surface area (Å²) in [6.45, 7) is 4.01. The van der Waals surface area contributed by atoms with Gasteiger partial charge in [0.2, 0.25) is 0 Å². The van der Waals surface area contributed by atoms with Crippen LogP contribution in [0.4, 0.5) is 0 Å². The molecule has 1 aromatic carbocycles. The molecule has 0 saturated carbocycles. The first-order valence-corrected chi connectivity index (χ1v) is 6.65. The average molecular weight is 275 g/mol. The van der Waals surface area contributed by atoms with E-state index in [1.807, 2.05) is 12.1 Å². The Labute approximate surface area is 119 Å². The molecule has 0 bridgehead atoms. The summed E-state index contributed by atoms with van der Waals surface area (Å²) in [4.78, 5) is 2.21. The number of hydrogen-bond donors (Lipinski definition) is 1. The van der Waals surface area contributed by atoms with Gasteiger partial charge in [-0.05, 0) is 36.6 Å². The van der Waals surface area contributed by atoms with Gasteiger partial charge in [0.15, 0.2) is 11.5 Å². The van der Waals surface area contributed by atoms with Gasteiger partial charge in [0.1, 0.15) is 5.54 Å². The SMILES string of the molecule is COc1cc2c(cc1OC)CN(CC(C)(N)C#N)CC2. The zero-order valence-electron chi connectivity index (χ0n) is 12.3. The highest BCUT2D eigenvalue weighted by Gasteiger charge is 2.25. The van der Waals surface area contributed by atoms with E-state index in [-0.39, 0.29) is 0 Å². The fourth-order valence-electron chi connectivity index (χ4n) is 2.58. The number of rotatable bonds is 4. The van der Waals surface area contributed by atoms with Crippen LogP contribution in [-0.2, 0) is 13.0 Å². The fraction of sp³-hybridized carbons (Fsp3) is 0.533. The molecule has 20 heavy (non-hydrogen) atoms. The second-order valence-corrected chi connectivity index (χ2v) is 5.47. The van der Waals surface area contributed by atoms with Crippen LogP contribution >= 0.6 is 0 Å². The number of hydrogen-bond acceptors (Lipinski definition) is 5. The van der Waals surface area contributed by atoms with Crippen molar-refractivity contribution in [1.82, 2.24) is 4.90 Å². The lowest BCUT2D eigenvalue weighted by Gasteiger charge is -2.32. The van der Waals surface area contributed by atoms with Crippen LogP contribution in [0.1, 0.15) is 18.1 Å². The van der Waals surface area contributed by atoms with Gasteiger partial charge < -0.3 is 15.2 Å². The van der Waals surface area contributed by atoms with Crippen LogP contribution in [0.2, 0.25) is 0 Å². The van der Waals surface area contributed by atoms with Gasteiger partial charge in [-0.15, -0.1) is 0 Å². The lowest BCUT2D eigenvalue weighted by molar-refractivity contribution is 0.222. The van der Waals surface area contributed by atoms with E-state index in [9.17, 15) is 0 Å².